The van der Waals surface area contributed by atoms with Gasteiger partial charge in [0.25, 0.3) is 0 Å². The molecule has 2 N–H and O–H groups in total. The summed E-state index contributed by atoms with van der Waals surface area (Å²) in [5.41, 5.74) is 6.64. The fourth-order valence-corrected chi connectivity index (χ4v) is 2.40. The highest BCUT2D eigenvalue weighted by molar-refractivity contribution is 5.78. The van der Waals surface area contributed by atoms with E-state index in [1.54, 1.807) is 0 Å². The van der Waals surface area contributed by atoms with Crippen LogP contribution < -0.4 is 5.73 Å². The van der Waals surface area contributed by atoms with Gasteiger partial charge in [-0.05, 0) is 24.3 Å². The minimum absolute atomic E-state index is 0.0531. The molecular formula is C12H15NO. The largest absolute Gasteiger partial charge is 0.369 e. The van der Waals surface area contributed by atoms with Crippen LogP contribution in [0.3, 0.4) is 0 Å². The molecule has 1 fully saturated rings. The summed E-state index contributed by atoms with van der Waals surface area (Å²) in [6.45, 7) is 0. The van der Waals surface area contributed by atoms with Crippen LogP contribution in [0.5, 0.6) is 0 Å². The van der Waals surface area contributed by atoms with Crippen molar-refractivity contribution in [3.63, 3.8) is 0 Å². The van der Waals surface area contributed by atoms with E-state index in [4.69, 9.17) is 5.73 Å². The van der Waals surface area contributed by atoms with Crippen molar-refractivity contribution in [3.05, 3.63) is 35.9 Å². The second-order valence-corrected chi connectivity index (χ2v) is 3.96. The van der Waals surface area contributed by atoms with Gasteiger partial charge in [-0.3, -0.25) is 4.79 Å². The Hall–Kier alpha value is -1.31. The quantitative estimate of drug-likeness (QED) is 0.760. The first-order valence-corrected chi connectivity index (χ1v) is 5.13. The molecule has 1 aliphatic carbocycles. The van der Waals surface area contributed by atoms with Crippen LogP contribution in [0.1, 0.15) is 30.7 Å². The number of benzene rings is 1. The van der Waals surface area contributed by atoms with Crippen LogP contribution in [0.25, 0.3) is 0 Å². The zero-order valence-corrected chi connectivity index (χ0v) is 8.15. The van der Waals surface area contributed by atoms with Crippen LogP contribution in [0.4, 0.5) is 0 Å². The molecule has 74 valence electrons. The number of amides is 1. The maximum absolute atomic E-state index is 11.2. The molecule has 1 saturated carbocycles. The molecule has 0 saturated heterocycles. The summed E-state index contributed by atoms with van der Waals surface area (Å²) in [5, 5.41) is 0. The van der Waals surface area contributed by atoms with E-state index in [1.807, 2.05) is 18.2 Å². The summed E-state index contributed by atoms with van der Waals surface area (Å²) in [5.74, 6) is 0.266. The van der Waals surface area contributed by atoms with Crippen molar-refractivity contribution in [2.75, 3.05) is 0 Å². The number of nitrogens with two attached hydrogens (primary N) is 1. The molecule has 2 rings (SSSR count). The molecule has 1 amide bonds. The first kappa shape index (κ1) is 9.25. The van der Waals surface area contributed by atoms with Crippen LogP contribution in [-0.4, -0.2) is 5.91 Å². The van der Waals surface area contributed by atoms with Gasteiger partial charge in [-0.25, -0.2) is 0 Å². The Balaban J connectivity index is 2.22. The molecular weight excluding hydrogens is 174 g/mol. The van der Waals surface area contributed by atoms with E-state index in [1.165, 1.54) is 5.56 Å². The lowest BCUT2D eigenvalue weighted by atomic mass is 9.88. The molecule has 2 atom stereocenters. The molecule has 2 nitrogen and oxygen atoms in total. The summed E-state index contributed by atoms with van der Waals surface area (Å²) in [6, 6.07) is 10.2. The molecule has 0 unspecified atom stereocenters. The lowest BCUT2D eigenvalue weighted by Gasteiger charge is -2.16. The first-order valence-electron chi connectivity index (χ1n) is 5.13. The zero-order chi connectivity index (χ0) is 9.97. The van der Waals surface area contributed by atoms with E-state index in [2.05, 4.69) is 12.1 Å². The highest BCUT2D eigenvalue weighted by Crippen LogP contribution is 2.39. The van der Waals surface area contributed by atoms with Crippen molar-refractivity contribution < 1.29 is 4.79 Å². The molecule has 14 heavy (non-hydrogen) atoms. The Bertz CT molecular complexity index is 320. The van der Waals surface area contributed by atoms with E-state index in [0.717, 1.165) is 19.3 Å². The standard InChI is InChI=1S/C12H15NO/c13-12(14)11-8-4-7-10(11)9-5-2-1-3-6-9/h1-3,5-6,10-11H,4,7-8H2,(H2,13,14)/t10-,11+/m1/s1. The molecule has 0 heterocycles. The molecule has 0 spiro atoms. The minimum atomic E-state index is -0.142. The number of carbonyl (C=O) groups excluding carboxylic acids is 1. The summed E-state index contributed by atoms with van der Waals surface area (Å²) >= 11 is 0. The molecule has 0 aliphatic heterocycles. The highest BCUT2D eigenvalue weighted by atomic mass is 16.1. The van der Waals surface area contributed by atoms with Gasteiger partial charge >= 0.3 is 0 Å². The summed E-state index contributed by atoms with van der Waals surface area (Å²) in [4.78, 5) is 11.2. The maximum atomic E-state index is 11.2. The van der Waals surface area contributed by atoms with Crippen LogP contribution in [0, 0.1) is 5.92 Å². The highest BCUT2D eigenvalue weighted by Gasteiger charge is 2.32. The molecule has 1 aromatic rings. The zero-order valence-electron chi connectivity index (χ0n) is 8.15. The number of hydrogen-bond donors (Lipinski definition) is 1. The van der Waals surface area contributed by atoms with Gasteiger partial charge in [0, 0.05) is 5.92 Å². The minimum Gasteiger partial charge on any atom is -0.369 e. The van der Waals surface area contributed by atoms with Crippen molar-refractivity contribution in [1.82, 2.24) is 0 Å². The van der Waals surface area contributed by atoms with E-state index in [0.29, 0.717) is 5.92 Å². The van der Waals surface area contributed by atoms with Crippen molar-refractivity contribution in [2.45, 2.75) is 25.2 Å². The van der Waals surface area contributed by atoms with Crippen LogP contribution in [-0.2, 0) is 4.79 Å². The van der Waals surface area contributed by atoms with Gasteiger partial charge in [0.2, 0.25) is 5.91 Å². The SMILES string of the molecule is NC(=O)[C@H]1CCC[C@@H]1c1ccccc1. The first-order chi connectivity index (χ1) is 6.79. The normalized spacial score (nSPS) is 26.3. The van der Waals surface area contributed by atoms with Crippen LogP contribution in [0.15, 0.2) is 30.3 Å². The van der Waals surface area contributed by atoms with Gasteiger partial charge in [-0.2, -0.15) is 0 Å². The third kappa shape index (κ3) is 1.65. The van der Waals surface area contributed by atoms with Gasteiger partial charge < -0.3 is 5.73 Å². The summed E-state index contributed by atoms with van der Waals surface area (Å²) in [7, 11) is 0. The summed E-state index contributed by atoms with van der Waals surface area (Å²) in [6.07, 6.45) is 3.17. The van der Waals surface area contributed by atoms with Crippen molar-refractivity contribution >= 4 is 5.91 Å². The van der Waals surface area contributed by atoms with E-state index >= 15 is 0 Å². The van der Waals surface area contributed by atoms with E-state index in [9.17, 15) is 4.79 Å². The lowest BCUT2D eigenvalue weighted by Crippen LogP contribution is -2.25. The predicted octanol–water partition coefficient (Wildman–Crippen LogP) is 2.06. The average Bonchev–Trinajstić information content (AvgIpc) is 2.67. The van der Waals surface area contributed by atoms with Crippen molar-refractivity contribution in [1.29, 1.82) is 0 Å². The second-order valence-electron chi connectivity index (χ2n) is 3.96. The second kappa shape index (κ2) is 3.82. The number of hydrogen-bond acceptors (Lipinski definition) is 1. The number of carbonyl (C=O) groups is 1. The van der Waals surface area contributed by atoms with Gasteiger partial charge in [0.15, 0.2) is 0 Å². The van der Waals surface area contributed by atoms with Gasteiger partial charge in [-0.1, -0.05) is 36.8 Å². The van der Waals surface area contributed by atoms with Crippen molar-refractivity contribution in [3.8, 4) is 0 Å². The molecule has 2 heteroatoms. The monoisotopic (exact) mass is 189 g/mol. The predicted molar refractivity (Wildman–Crippen MR) is 55.7 cm³/mol. The van der Waals surface area contributed by atoms with E-state index in [-0.39, 0.29) is 11.8 Å². The third-order valence-electron chi connectivity index (χ3n) is 3.11. The molecule has 0 aromatic heterocycles. The van der Waals surface area contributed by atoms with Crippen LogP contribution >= 0.6 is 0 Å². The van der Waals surface area contributed by atoms with Crippen LogP contribution in [0.2, 0.25) is 0 Å². The Morgan fingerprint density at radius 1 is 1.21 bits per heavy atom. The van der Waals surface area contributed by atoms with Gasteiger partial charge in [0.05, 0.1) is 0 Å². The Morgan fingerprint density at radius 2 is 1.93 bits per heavy atom. The van der Waals surface area contributed by atoms with Gasteiger partial charge in [0.1, 0.15) is 0 Å². The van der Waals surface area contributed by atoms with Gasteiger partial charge in [-0.15, -0.1) is 0 Å². The Labute approximate surface area is 84.1 Å². The Morgan fingerprint density at radius 3 is 2.57 bits per heavy atom. The average molecular weight is 189 g/mol. The summed E-state index contributed by atoms with van der Waals surface area (Å²) < 4.78 is 0. The third-order valence-corrected chi connectivity index (χ3v) is 3.11. The van der Waals surface area contributed by atoms with Crippen molar-refractivity contribution in [2.24, 2.45) is 11.7 Å². The molecule has 1 aromatic carbocycles. The smallest absolute Gasteiger partial charge is 0.221 e. The number of rotatable bonds is 2. The Kier molecular flexibility index (Phi) is 2.53. The number of primary amides is 1. The topological polar surface area (TPSA) is 43.1 Å². The molecule has 0 radical (unpaired) electrons. The van der Waals surface area contributed by atoms with E-state index < -0.39 is 0 Å². The fourth-order valence-electron chi connectivity index (χ4n) is 2.40. The molecule has 1 aliphatic rings. The maximum Gasteiger partial charge on any atom is 0.221 e. The lowest BCUT2D eigenvalue weighted by molar-refractivity contribution is -0.122. The molecule has 0 bridgehead atoms. The fraction of sp³-hybridized carbons (Fsp3) is 0.417.